The molecule has 0 heterocycles. The fourth-order valence-corrected chi connectivity index (χ4v) is 4.05. The highest BCUT2D eigenvalue weighted by Gasteiger charge is 2.33. The standard InChI is InChI=1S/C29H18F10O2/c1-15-10-22(30)21(23(31)11-15)8-9-28(35,36)40-18-4-6-20(25(33)14-18)16-2-5-19(24(32)12-16)17-3-7-27(26(34)13-17)41-29(37,38)39/h2-7,10-14H,8-9H2,1H3. The SMILES string of the molecule is Cc1cc(F)c(CCC(F)(F)Oc2ccc(-c3ccc(-c4ccc(OC(F)(F)F)c(F)c4)c(F)c3)c(F)c2)c(F)c1. The number of aryl methyl sites for hydroxylation is 1. The van der Waals surface area contributed by atoms with Gasteiger partial charge in [0.25, 0.3) is 0 Å². The van der Waals surface area contributed by atoms with Gasteiger partial charge >= 0.3 is 12.5 Å². The normalized spacial score (nSPS) is 12.0. The molecule has 0 saturated heterocycles. The summed E-state index contributed by atoms with van der Waals surface area (Å²) in [6.45, 7) is 1.44. The molecule has 4 aromatic rings. The molecular weight excluding hydrogens is 570 g/mol. The summed E-state index contributed by atoms with van der Waals surface area (Å²) >= 11 is 0. The van der Waals surface area contributed by atoms with Crippen LogP contribution in [0.3, 0.4) is 0 Å². The minimum Gasteiger partial charge on any atom is -0.432 e. The summed E-state index contributed by atoms with van der Waals surface area (Å²) in [5, 5.41) is 0. The third kappa shape index (κ3) is 7.30. The van der Waals surface area contributed by atoms with Crippen LogP contribution in [0.15, 0.2) is 66.7 Å². The van der Waals surface area contributed by atoms with Crippen LogP contribution in [-0.2, 0) is 6.42 Å². The van der Waals surface area contributed by atoms with Gasteiger partial charge in [-0.2, -0.15) is 8.78 Å². The molecule has 0 spiro atoms. The summed E-state index contributed by atoms with van der Waals surface area (Å²) in [7, 11) is 0. The average Bonchev–Trinajstić information content (AvgIpc) is 2.83. The molecule has 0 fully saturated rings. The van der Waals surface area contributed by atoms with Gasteiger partial charge in [0, 0.05) is 22.8 Å². The van der Waals surface area contributed by atoms with E-state index in [1.54, 1.807) is 0 Å². The summed E-state index contributed by atoms with van der Waals surface area (Å²) in [4.78, 5) is 0. The minimum absolute atomic E-state index is 0.0371. The molecule has 12 heteroatoms. The molecule has 0 aliphatic heterocycles. The number of ether oxygens (including phenoxy) is 2. The Bertz CT molecular complexity index is 1560. The number of alkyl halides is 5. The van der Waals surface area contributed by atoms with Crippen molar-refractivity contribution in [1.82, 2.24) is 0 Å². The molecule has 0 aliphatic carbocycles. The second-order valence-electron chi connectivity index (χ2n) is 8.98. The predicted octanol–water partition coefficient (Wildman–Crippen LogP) is 9.53. The molecule has 0 atom stereocenters. The van der Waals surface area contributed by atoms with E-state index >= 15 is 0 Å². The van der Waals surface area contributed by atoms with Gasteiger partial charge in [-0.3, -0.25) is 0 Å². The summed E-state index contributed by atoms with van der Waals surface area (Å²) in [5.74, 6) is -7.11. The summed E-state index contributed by atoms with van der Waals surface area (Å²) in [5.41, 5.74) is -0.857. The molecule has 4 rings (SSSR count). The molecule has 0 bridgehead atoms. The van der Waals surface area contributed by atoms with Crippen LogP contribution in [0.25, 0.3) is 22.3 Å². The summed E-state index contributed by atoms with van der Waals surface area (Å²) in [6.07, 6.45) is -10.8. The fraction of sp³-hybridized carbons (Fsp3) is 0.172. The van der Waals surface area contributed by atoms with Crippen LogP contribution >= 0.6 is 0 Å². The van der Waals surface area contributed by atoms with Crippen molar-refractivity contribution in [2.75, 3.05) is 0 Å². The molecule has 0 saturated carbocycles. The van der Waals surface area contributed by atoms with E-state index < -0.39 is 71.5 Å². The highest BCUT2D eigenvalue weighted by Crippen LogP contribution is 2.35. The minimum atomic E-state index is -5.13. The number of hydrogen-bond acceptors (Lipinski definition) is 2. The van der Waals surface area contributed by atoms with Crippen LogP contribution in [0, 0.1) is 36.0 Å². The van der Waals surface area contributed by atoms with E-state index in [1.807, 2.05) is 0 Å². The van der Waals surface area contributed by atoms with E-state index in [1.165, 1.54) is 13.0 Å². The van der Waals surface area contributed by atoms with Gasteiger partial charge in [0.05, 0.1) is 6.42 Å². The molecule has 0 radical (unpaired) electrons. The van der Waals surface area contributed by atoms with Gasteiger partial charge in [-0.25, -0.2) is 22.0 Å². The van der Waals surface area contributed by atoms with Gasteiger partial charge in [-0.15, -0.1) is 13.2 Å². The van der Waals surface area contributed by atoms with Crippen LogP contribution in [0.4, 0.5) is 43.9 Å². The molecule has 216 valence electrons. The Labute approximate surface area is 226 Å². The van der Waals surface area contributed by atoms with Crippen LogP contribution in [0.2, 0.25) is 0 Å². The Morgan fingerprint density at radius 2 is 1.12 bits per heavy atom. The molecule has 2 nitrogen and oxygen atoms in total. The molecule has 0 aromatic heterocycles. The maximum atomic E-state index is 14.8. The van der Waals surface area contributed by atoms with E-state index in [-0.39, 0.29) is 27.8 Å². The van der Waals surface area contributed by atoms with E-state index in [9.17, 15) is 43.9 Å². The highest BCUT2D eigenvalue weighted by molar-refractivity contribution is 5.72. The Morgan fingerprint density at radius 1 is 0.585 bits per heavy atom. The number of benzene rings is 4. The first-order chi connectivity index (χ1) is 19.1. The van der Waals surface area contributed by atoms with Gasteiger partial charge < -0.3 is 9.47 Å². The quantitative estimate of drug-likeness (QED) is 0.191. The number of halogens is 10. The van der Waals surface area contributed by atoms with Gasteiger partial charge in [-0.05, 0) is 72.5 Å². The Morgan fingerprint density at radius 3 is 1.66 bits per heavy atom. The van der Waals surface area contributed by atoms with Gasteiger partial charge in [0.1, 0.15) is 29.0 Å². The molecule has 0 N–H and O–H groups in total. The molecule has 0 aliphatic rings. The van der Waals surface area contributed by atoms with Crippen molar-refractivity contribution in [3.63, 3.8) is 0 Å². The maximum absolute atomic E-state index is 14.8. The molecule has 0 amide bonds. The maximum Gasteiger partial charge on any atom is 0.573 e. The third-order valence-electron chi connectivity index (χ3n) is 5.91. The topological polar surface area (TPSA) is 18.5 Å². The van der Waals surface area contributed by atoms with E-state index in [0.717, 1.165) is 42.5 Å². The lowest BCUT2D eigenvalue weighted by atomic mass is 9.99. The second kappa shape index (κ2) is 11.3. The van der Waals surface area contributed by atoms with Crippen molar-refractivity contribution in [2.24, 2.45) is 0 Å². The monoisotopic (exact) mass is 588 g/mol. The van der Waals surface area contributed by atoms with Gasteiger partial charge in [-0.1, -0.05) is 18.2 Å². The zero-order chi connectivity index (χ0) is 30.1. The van der Waals surface area contributed by atoms with E-state index in [4.69, 9.17) is 0 Å². The van der Waals surface area contributed by atoms with Crippen LogP contribution in [-0.4, -0.2) is 12.5 Å². The van der Waals surface area contributed by atoms with E-state index in [0.29, 0.717) is 18.2 Å². The van der Waals surface area contributed by atoms with Gasteiger partial charge in [0.2, 0.25) is 0 Å². The lowest BCUT2D eigenvalue weighted by Crippen LogP contribution is -2.25. The second-order valence-corrected chi connectivity index (χ2v) is 8.98. The first-order valence-electron chi connectivity index (χ1n) is 11.8. The van der Waals surface area contributed by atoms with Crippen molar-refractivity contribution >= 4 is 0 Å². The smallest absolute Gasteiger partial charge is 0.432 e. The fourth-order valence-electron chi connectivity index (χ4n) is 4.05. The van der Waals surface area contributed by atoms with Crippen molar-refractivity contribution in [2.45, 2.75) is 32.2 Å². The first kappa shape index (κ1) is 29.8. The summed E-state index contributed by atoms with van der Waals surface area (Å²) < 4.78 is 145. The highest BCUT2D eigenvalue weighted by atomic mass is 19.4. The van der Waals surface area contributed by atoms with Crippen molar-refractivity contribution < 1.29 is 53.4 Å². The lowest BCUT2D eigenvalue weighted by Gasteiger charge is -2.19. The Balaban J connectivity index is 1.49. The van der Waals surface area contributed by atoms with Crippen molar-refractivity contribution in [3.8, 4) is 33.8 Å². The molecule has 4 aromatic carbocycles. The Kier molecular flexibility index (Phi) is 8.23. The van der Waals surface area contributed by atoms with Crippen LogP contribution < -0.4 is 9.47 Å². The molecular formula is C29H18F10O2. The number of rotatable bonds is 8. The molecule has 41 heavy (non-hydrogen) atoms. The lowest BCUT2D eigenvalue weighted by molar-refractivity contribution is -0.275. The van der Waals surface area contributed by atoms with E-state index in [2.05, 4.69) is 9.47 Å². The van der Waals surface area contributed by atoms with Crippen LogP contribution in [0.1, 0.15) is 17.5 Å². The van der Waals surface area contributed by atoms with Crippen LogP contribution in [0.5, 0.6) is 11.5 Å². The zero-order valence-electron chi connectivity index (χ0n) is 20.9. The average molecular weight is 588 g/mol. The van der Waals surface area contributed by atoms with Crippen molar-refractivity contribution in [3.05, 3.63) is 107 Å². The van der Waals surface area contributed by atoms with Gasteiger partial charge in [0.15, 0.2) is 11.6 Å². The summed E-state index contributed by atoms with van der Waals surface area (Å²) in [6, 6.07) is 10.2. The first-order valence-corrected chi connectivity index (χ1v) is 11.8. The Hall–Kier alpha value is -4.22. The molecule has 0 unspecified atom stereocenters. The predicted molar refractivity (Wildman–Crippen MR) is 129 cm³/mol. The van der Waals surface area contributed by atoms with Crippen molar-refractivity contribution in [1.29, 1.82) is 0 Å². The third-order valence-corrected chi connectivity index (χ3v) is 5.91. The zero-order valence-corrected chi connectivity index (χ0v) is 20.9. The largest absolute Gasteiger partial charge is 0.573 e. The number of hydrogen-bond donors (Lipinski definition) is 0.